The Morgan fingerprint density at radius 2 is 2.42 bits per heavy atom. The van der Waals surface area contributed by atoms with Crippen LogP contribution in [0.2, 0.25) is 0 Å². The van der Waals surface area contributed by atoms with Crippen molar-refractivity contribution in [2.45, 2.75) is 6.04 Å². The van der Waals surface area contributed by atoms with Gasteiger partial charge in [-0.2, -0.15) is 0 Å². The topological polar surface area (TPSA) is 21.3 Å². The quantitative estimate of drug-likeness (QED) is 0.794. The average Bonchev–Trinajstić information content (AvgIpc) is 2.49. The lowest BCUT2D eigenvalue weighted by molar-refractivity contribution is 0.317. The van der Waals surface area contributed by atoms with Crippen molar-refractivity contribution in [2.75, 3.05) is 13.7 Å². The van der Waals surface area contributed by atoms with Crippen molar-refractivity contribution >= 4 is 15.9 Å². The fourth-order valence-electron chi connectivity index (χ4n) is 1.45. The molecule has 64 valence electrons. The predicted molar refractivity (Wildman–Crippen MR) is 51.4 cm³/mol. The number of benzene rings is 1. The van der Waals surface area contributed by atoms with Crippen molar-refractivity contribution < 1.29 is 4.74 Å². The van der Waals surface area contributed by atoms with Crippen LogP contribution in [0.3, 0.4) is 0 Å². The van der Waals surface area contributed by atoms with E-state index < -0.39 is 0 Å². The molecule has 2 rings (SSSR count). The zero-order valence-corrected chi connectivity index (χ0v) is 8.39. The zero-order valence-electron chi connectivity index (χ0n) is 6.80. The zero-order chi connectivity index (χ0) is 8.55. The van der Waals surface area contributed by atoms with E-state index in [0.717, 1.165) is 16.8 Å². The molecule has 1 atom stereocenters. The summed E-state index contributed by atoms with van der Waals surface area (Å²) in [4.78, 5) is 0. The van der Waals surface area contributed by atoms with Gasteiger partial charge in [-0.3, -0.25) is 0 Å². The summed E-state index contributed by atoms with van der Waals surface area (Å²) >= 11 is 3.45. The Kier molecular flexibility index (Phi) is 2.07. The number of rotatable bonds is 1. The first-order valence-electron chi connectivity index (χ1n) is 3.91. The molecule has 1 aliphatic rings. The van der Waals surface area contributed by atoms with E-state index in [1.807, 2.05) is 19.2 Å². The summed E-state index contributed by atoms with van der Waals surface area (Å²) in [5.74, 6) is 0.983. The van der Waals surface area contributed by atoms with Crippen LogP contribution in [-0.2, 0) is 0 Å². The highest BCUT2D eigenvalue weighted by atomic mass is 79.9. The lowest BCUT2D eigenvalue weighted by Crippen LogP contribution is -2.16. The molecule has 3 heteroatoms. The molecule has 0 spiro atoms. The van der Waals surface area contributed by atoms with Crippen molar-refractivity contribution in [1.29, 1.82) is 0 Å². The molecule has 0 amide bonds. The molecule has 1 aromatic rings. The van der Waals surface area contributed by atoms with Crippen LogP contribution in [0, 0.1) is 0 Å². The van der Waals surface area contributed by atoms with E-state index in [1.165, 1.54) is 5.56 Å². The van der Waals surface area contributed by atoms with Gasteiger partial charge in [0.2, 0.25) is 0 Å². The standard InChI is InChI=1S/C9H10BrNO/c1-11-8-5-12-9-6(8)3-2-4-7(9)10/h2-4,8,11H,5H2,1H3/t8-/m1/s1. The summed E-state index contributed by atoms with van der Waals surface area (Å²) in [7, 11) is 1.95. The van der Waals surface area contributed by atoms with Crippen LogP contribution in [0.4, 0.5) is 0 Å². The van der Waals surface area contributed by atoms with Crippen LogP contribution < -0.4 is 10.1 Å². The molecule has 0 aliphatic carbocycles. The Labute approximate surface area is 80.1 Å². The molecule has 0 fully saturated rings. The molecule has 0 bridgehead atoms. The fourth-order valence-corrected chi connectivity index (χ4v) is 1.94. The number of para-hydroxylation sites is 1. The summed E-state index contributed by atoms with van der Waals surface area (Å²) in [6, 6.07) is 6.46. The van der Waals surface area contributed by atoms with Gasteiger partial charge in [0.1, 0.15) is 12.4 Å². The third-order valence-electron chi connectivity index (χ3n) is 2.12. The predicted octanol–water partition coefficient (Wildman–Crippen LogP) is 2.10. The second-order valence-corrected chi connectivity index (χ2v) is 3.66. The highest BCUT2D eigenvalue weighted by Crippen LogP contribution is 2.37. The number of likely N-dealkylation sites (N-methyl/N-ethyl adjacent to an activating group) is 1. The van der Waals surface area contributed by atoms with E-state index in [4.69, 9.17) is 4.74 Å². The minimum atomic E-state index is 0.345. The molecule has 0 saturated carbocycles. The minimum absolute atomic E-state index is 0.345. The van der Waals surface area contributed by atoms with E-state index >= 15 is 0 Å². The molecular formula is C9H10BrNO. The lowest BCUT2D eigenvalue weighted by Gasteiger charge is -2.05. The van der Waals surface area contributed by atoms with Gasteiger partial charge in [0.25, 0.3) is 0 Å². The maximum atomic E-state index is 5.52. The normalized spacial score (nSPS) is 20.3. The molecule has 0 saturated heterocycles. The van der Waals surface area contributed by atoms with Crippen LogP contribution in [0.25, 0.3) is 0 Å². The van der Waals surface area contributed by atoms with E-state index in [0.29, 0.717) is 6.04 Å². The highest BCUT2D eigenvalue weighted by Gasteiger charge is 2.23. The smallest absolute Gasteiger partial charge is 0.138 e. The van der Waals surface area contributed by atoms with E-state index in [9.17, 15) is 0 Å². The van der Waals surface area contributed by atoms with Crippen LogP contribution in [0.15, 0.2) is 22.7 Å². The van der Waals surface area contributed by atoms with Gasteiger partial charge >= 0.3 is 0 Å². The number of hydrogen-bond acceptors (Lipinski definition) is 2. The number of nitrogens with one attached hydrogen (secondary N) is 1. The van der Waals surface area contributed by atoms with E-state index in [2.05, 4.69) is 27.3 Å². The van der Waals surface area contributed by atoms with Gasteiger partial charge in [0.15, 0.2) is 0 Å². The molecule has 1 heterocycles. The third kappa shape index (κ3) is 1.13. The Balaban J connectivity index is 2.46. The molecular weight excluding hydrogens is 218 g/mol. The van der Waals surface area contributed by atoms with Crippen LogP contribution in [-0.4, -0.2) is 13.7 Å². The van der Waals surface area contributed by atoms with E-state index in [-0.39, 0.29) is 0 Å². The summed E-state index contributed by atoms with van der Waals surface area (Å²) < 4.78 is 6.56. The Bertz CT molecular complexity index is 301. The molecule has 2 nitrogen and oxygen atoms in total. The van der Waals surface area contributed by atoms with Crippen molar-refractivity contribution in [2.24, 2.45) is 0 Å². The summed E-state index contributed by atoms with van der Waals surface area (Å²) in [5.41, 5.74) is 1.24. The largest absolute Gasteiger partial charge is 0.490 e. The van der Waals surface area contributed by atoms with Gasteiger partial charge in [0, 0.05) is 5.56 Å². The number of hydrogen-bond donors (Lipinski definition) is 1. The average molecular weight is 228 g/mol. The molecule has 0 unspecified atom stereocenters. The molecule has 1 aliphatic heterocycles. The van der Waals surface area contributed by atoms with Gasteiger partial charge in [-0.05, 0) is 29.0 Å². The van der Waals surface area contributed by atoms with E-state index in [1.54, 1.807) is 0 Å². The van der Waals surface area contributed by atoms with Crippen molar-refractivity contribution in [1.82, 2.24) is 5.32 Å². The fraction of sp³-hybridized carbons (Fsp3) is 0.333. The summed E-state index contributed by atoms with van der Waals surface area (Å²) in [6.07, 6.45) is 0. The second-order valence-electron chi connectivity index (χ2n) is 2.81. The number of fused-ring (bicyclic) bond motifs is 1. The van der Waals surface area contributed by atoms with Crippen LogP contribution >= 0.6 is 15.9 Å². The first kappa shape index (κ1) is 8.08. The van der Waals surface area contributed by atoms with Gasteiger partial charge in [0.05, 0.1) is 10.5 Å². The van der Waals surface area contributed by atoms with Crippen LogP contribution in [0.1, 0.15) is 11.6 Å². The molecule has 1 aromatic carbocycles. The van der Waals surface area contributed by atoms with Crippen molar-refractivity contribution in [3.8, 4) is 5.75 Å². The second kappa shape index (κ2) is 3.07. The summed E-state index contributed by atoms with van der Waals surface area (Å²) in [5, 5.41) is 3.20. The van der Waals surface area contributed by atoms with Gasteiger partial charge < -0.3 is 10.1 Å². The Hall–Kier alpha value is -0.540. The monoisotopic (exact) mass is 227 g/mol. The molecule has 0 aromatic heterocycles. The molecule has 12 heavy (non-hydrogen) atoms. The Morgan fingerprint density at radius 1 is 1.58 bits per heavy atom. The lowest BCUT2D eigenvalue weighted by atomic mass is 10.1. The third-order valence-corrected chi connectivity index (χ3v) is 2.74. The maximum absolute atomic E-state index is 5.52. The summed E-state index contributed by atoms with van der Waals surface area (Å²) in [6.45, 7) is 0.731. The van der Waals surface area contributed by atoms with Gasteiger partial charge in [-0.15, -0.1) is 0 Å². The van der Waals surface area contributed by atoms with Crippen LogP contribution in [0.5, 0.6) is 5.75 Å². The van der Waals surface area contributed by atoms with Crippen molar-refractivity contribution in [3.05, 3.63) is 28.2 Å². The first-order valence-corrected chi connectivity index (χ1v) is 4.70. The number of halogens is 1. The van der Waals surface area contributed by atoms with Gasteiger partial charge in [-0.1, -0.05) is 12.1 Å². The SMILES string of the molecule is CN[C@@H]1COc2c(Br)cccc21. The first-order chi connectivity index (χ1) is 5.83. The maximum Gasteiger partial charge on any atom is 0.138 e. The molecule has 1 N–H and O–H groups in total. The number of ether oxygens (including phenoxy) is 1. The minimum Gasteiger partial charge on any atom is -0.490 e. The molecule has 0 radical (unpaired) electrons. The highest BCUT2D eigenvalue weighted by molar-refractivity contribution is 9.10. The van der Waals surface area contributed by atoms with Gasteiger partial charge in [-0.25, -0.2) is 0 Å². The Morgan fingerprint density at radius 3 is 3.17 bits per heavy atom. The van der Waals surface area contributed by atoms with Crippen molar-refractivity contribution in [3.63, 3.8) is 0 Å².